The van der Waals surface area contributed by atoms with Gasteiger partial charge in [0.05, 0.1) is 7.11 Å². The van der Waals surface area contributed by atoms with Crippen molar-refractivity contribution in [1.82, 2.24) is 39.9 Å². The molecule has 0 saturated heterocycles. The minimum Gasteiger partial charge on any atom is -0.496 e. The molecule has 0 spiro atoms. The van der Waals surface area contributed by atoms with E-state index in [1.165, 1.54) is 33.9 Å². The van der Waals surface area contributed by atoms with E-state index in [9.17, 15) is 42.7 Å². The van der Waals surface area contributed by atoms with Crippen LogP contribution < -0.4 is 49.7 Å². The van der Waals surface area contributed by atoms with Crippen LogP contribution in [0.3, 0.4) is 0 Å². The Kier molecular flexibility index (Phi) is 27.8. The van der Waals surface area contributed by atoms with E-state index in [2.05, 4.69) is 121 Å². The van der Waals surface area contributed by atoms with E-state index < -0.39 is 22.8 Å². The van der Waals surface area contributed by atoms with E-state index in [1.54, 1.807) is 19.2 Å². The number of allylic oxidation sites excluding steroid dienone is 8. The number of benzene rings is 8. The zero-order valence-corrected chi connectivity index (χ0v) is 68.4. The maximum absolute atomic E-state index is 13.7. The number of hydrogen-bond acceptors (Lipinski definition) is 9. The van der Waals surface area contributed by atoms with Crippen molar-refractivity contribution in [3.05, 3.63) is 429 Å². The number of aromatic nitrogens is 8. The number of rotatable bonds is 18. The van der Waals surface area contributed by atoms with E-state index in [1.807, 2.05) is 146 Å². The molecule has 0 bridgehead atoms. The van der Waals surface area contributed by atoms with E-state index >= 15 is 0 Å². The first-order valence-electron chi connectivity index (χ1n) is 40.4. The molecule has 16 rings (SSSR count). The summed E-state index contributed by atoms with van der Waals surface area (Å²) in [5, 5.41) is 1.27. The maximum atomic E-state index is 13.7. The number of halogens is 3. The number of aromatic amines is 8. The SMILES string of the molecule is CCc1ccc(C)c(C2=CCC(c3[nH]c(=O)[nH]c(=O)c3Cc3ccccc3)CC2)c1.COc1cc(C)ccc1C1=CCC(c2[nH]c(=O)[nH]c(=O)c2Cc2ccccc2)CC1.Cc1ccc(F)cc1C1=CCC(c2[nH]c(=O)[nH]c(=O)c2Cc2ccccc2)CC1.O=c1[nH]c(C2CC=C(c3c(Cl)cccc3Cl)CC2)c(Cc2ccccc2)c(=O)[nH]1. The summed E-state index contributed by atoms with van der Waals surface area (Å²) in [6.07, 6.45) is 21.5. The molecule has 0 radical (unpaired) electrons. The zero-order chi connectivity index (χ0) is 82.9. The summed E-state index contributed by atoms with van der Waals surface area (Å²) in [7, 11) is 1.70. The third kappa shape index (κ3) is 20.9. The lowest BCUT2D eigenvalue weighted by atomic mass is 9.81. The van der Waals surface area contributed by atoms with Gasteiger partial charge in [-0.2, -0.15) is 0 Å². The van der Waals surface area contributed by atoms with Crippen molar-refractivity contribution < 1.29 is 9.13 Å². The van der Waals surface area contributed by atoms with Crippen LogP contribution in [0.4, 0.5) is 4.39 Å². The van der Waals surface area contributed by atoms with E-state index in [4.69, 9.17) is 27.9 Å². The van der Waals surface area contributed by atoms with E-state index in [0.29, 0.717) is 76.5 Å². The van der Waals surface area contributed by atoms with Gasteiger partial charge in [0.1, 0.15) is 11.6 Å². The van der Waals surface area contributed by atoms with Gasteiger partial charge in [-0.15, -0.1) is 0 Å². The van der Waals surface area contributed by atoms with Crippen LogP contribution in [0.15, 0.2) is 257 Å². The van der Waals surface area contributed by atoms with Gasteiger partial charge in [-0.1, -0.05) is 218 Å². The third-order valence-electron chi connectivity index (χ3n) is 23.1. The summed E-state index contributed by atoms with van der Waals surface area (Å²) >= 11 is 12.7. The molecule has 8 N–H and O–H groups in total. The van der Waals surface area contributed by atoms with Crippen molar-refractivity contribution in [2.75, 3.05) is 7.11 Å². The standard InChI is InChI=1S/C26H28N2O2.C25H26N2O3.C24H23FN2O2.C23H20Cl2N2O2/c1-3-18-10-9-17(2)22(15-18)20-11-13-21(14-12-20)24-23(25(29)28-26(30)27-24)16-19-7-5-4-6-8-19;1-16-8-13-20(22(14-16)30-2)18-9-11-19(12-10-18)23-21(24(28)27-25(29)26-23)15-17-6-4-3-5-7-17;1-15-7-12-19(25)14-20(15)17-8-10-18(11-9-17)22-21(23(28)27-24(29)26-22)13-16-5-3-2-4-6-16;24-18-7-4-8-19(25)20(18)15-9-11-16(12-10-15)21-17(22(28)27-23(29)26-21)13-14-5-2-1-3-6-14/h4-11,15,21H,3,12-14,16H2,1-2H3,(H2,27,28,29,30);3-9,13-14,19H,10-12,15H2,1-2H3,(H2,26,27,28,29);2-8,12,14,18H,9-11,13H2,1H3,(H2,26,27,28,29);1-9,16H,10-13H2,(H2,26,27,28,29). The summed E-state index contributed by atoms with van der Waals surface area (Å²) in [5.74, 6) is 1.03. The second kappa shape index (κ2) is 39.1. The Labute approximate surface area is 693 Å². The molecule has 118 heavy (non-hydrogen) atoms. The number of hydrogen-bond donors (Lipinski definition) is 8. The van der Waals surface area contributed by atoms with Crippen molar-refractivity contribution in [3.8, 4) is 5.75 Å². The summed E-state index contributed by atoms with van der Waals surface area (Å²) < 4.78 is 19.3. The highest BCUT2D eigenvalue weighted by Gasteiger charge is 2.29. The summed E-state index contributed by atoms with van der Waals surface area (Å²) in [4.78, 5) is 119. The third-order valence-corrected chi connectivity index (χ3v) is 23.7. The van der Waals surface area contributed by atoms with Gasteiger partial charge in [0.15, 0.2) is 0 Å². The van der Waals surface area contributed by atoms with Gasteiger partial charge in [0, 0.05) is 116 Å². The van der Waals surface area contributed by atoms with Gasteiger partial charge in [-0.05, 0) is 213 Å². The largest absolute Gasteiger partial charge is 0.496 e. The predicted octanol–water partition coefficient (Wildman–Crippen LogP) is 19.0. The Morgan fingerprint density at radius 3 is 1.02 bits per heavy atom. The Hall–Kier alpha value is -12.3. The molecular formula is C98H97Cl2FN8O9. The highest BCUT2D eigenvalue weighted by Crippen LogP contribution is 2.44. The second-order valence-corrected chi connectivity index (χ2v) is 31.7. The Bertz CT molecular complexity index is 6230. The first kappa shape index (κ1) is 83.7. The number of nitrogens with one attached hydrogen (secondary N) is 8. The average Bonchev–Trinajstić information content (AvgIpc) is 0.806. The van der Waals surface area contributed by atoms with Crippen molar-refractivity contribution >= 4 is 45.5 Å². The predicted molar refractivity (Wildman–Crippen MR) is 472 cm³/mol. The number of aryl methyl sites for hydroxylation is 4. The number of H-pyrrole nitrogens is 8. The number of methoxy groups -OCH3 is 1. The highest BCUT2D eigenvalue weighted by atomic mass is 35.5. The van der Waals surface area contributed by atoms with Gasteiger partial charge in [0.25, 0.3) is 22.2 Å². The number of ether oxygens (including phenoxy) is 1. The minimum absolute atomic E-state index is 0.0568. The second-order valence-electron chi connectivity index (χ2n) is 30.9. The smallest absolute Gasteiger partial charge is 0.325 e. The maximum Gasteiger partial charge on any atom is 0.325 e. The molecule has 17 nitrogen and oxygen atoms in total. The molecular weight excluding hydrogens is 1520 g/mol. The van der Waals surface area contributed by atoms with Crippen molar-refractivity contribution in [1.29, 1.82) is 0 Å². The lowest BCUT2D eigenvalue weighted by molar-refractivity contribution is 0.412. The molecule has 604 valence electrons. The molecule has 0 aliphatic heterocycles. The zero-order valence-electron chi connectivity index (χ0n) is 66.9. The van der Waals surface area contributed by atoms with Crippen LogP contribution >= 0.6 is 23.2 Å². The molecule has 4 heterocycles. The normalized spacial score (nSPS) is 16.4. The van der Waals surface area contributed by atoms with Crippen molar-refractivity contribution in [2.24, 2.45) is 0 Å². The van der Waals surface area contributed by atoms with Crippen LogP contribution in [0.2, 0.25) is 10.0 Å². The molecule has 4 atom stereocenters. The molecule has 20 heteroatoms. The Morgan fingerprint density at radius 2 is 0.686 bits per heavy atom. The Morgan fingerprint density at radius 1 is 0.356 bits per heavy atom. The summed E-state index contributed by atoms with van der Waals surface area (Å²) in [6.45, 7) is 8.37. The van der Waals surface area contributed by atoms with Gasteiger partial charge >= 0.3 is 22.8 Å². The topological polar surface area (TPSA) is 272 Å². The fourth-order valence-corrected chi connectivity index (χ4v) is 17.4. The molecule has 4 aliphatic rings. The van der Waals surface area contributed by atoms with Crippen LogP contribution in [0, 0.1) is 26.6 Å². The summed E-state index contributed by atoms with van der Waals surface area (Å²) in [6, 6.07) is 62.6. The van der Waals surface area contributed by atoms with E-state index in [-0.39, 0.29) is 51.7 Å². The Balaban J connectivity index is 0.000000136. The molecule has 0 saturated carbocycles. The minimum atomic E-state index is -0.474. The van der Waals surface area contributed by atoms with Crippen molar-refractivity contribution in [2.45, 2.75) is 161 Å². The summed E-state index contributed by atoms with van der Waals surface area (Å²) in [5.41, 5.74) is 20.6. The van der Waals surface area contributed by atoms with Gasteiger partial charge < -0.3 is 24.7 Å². The van der Waals surface area contributed by atoms with Crippen LogP contribution in [-0.4, -0.2) is 47.0 Å². The lowest BCUT2D eigenvalue weighted by Crippen LogP contribution is -2.30. The molecule has 8 aromatic carbocycles. The molecule has 12 aromatic rings. The van der Waals surface area contributed by atoms with Crippen LogP contribution in [0.25, 0.3) is 22.3 Å². The van der Waals surface area contributed by atoms with Gasteiger partial charge in [-0.3, -0.25) is 39.1 Å². The van der Waals surface area contributed by atoms with Crippen molar-refractivity contribution in [3.63, 3.8) is 0 Å². The average molecular weight is 1620 g/mol. The van der Waals surface area contributed by atoms with Gasteiger partial charge in [0.2, 0.25) is 0 Å². The van der Waals surface area contributed by atoms with Crippen LogP contribution in [-0.2, 0) is 32.1 Å². The molecule has 4 unspecified atom stereocenters. The fourth-order valence-electron chi connectivity index (χ4n) is 16.8. The monoisotopic (exact) mass is 1620 g/mol. The molecule has 4 aliphatic carbocycles. The molecule has 0 fully saturated rings. The lowest BCUT2D eigenvalue weighted by Gasteiger charge is -2.25. The van der Waals surface area contributed by atoms with E-state index in [0.717, 1.165) is 155 Å². The molecule has 0 amide bonds. The quantitative estimate of drug-likeness (QED) is 0.0405. The highest BCUT2D eigenvalue weighted by molar-refractivity contribution is 6.37. The fraction of sp³-hybridized carbons (Fsp3) is 0.265. The van der Waals surface area contributed by atoms with Gasteiger partial charge in [-0.25, -0.2) is 23.6 Å². The van der Waals surface area contributed by atoms with Crippen LogP contribution in [0.1, 0.15) is 219 Å². The van der Waals surface area contributed by atoms with Crippen LogP contribution in [0.5, 0.6) is 5.75 Å². The first-order chi connectivity index (χ1) is 57.1. The first-order valence-corrected chi connectivity index (χ1v) is 41.2. The molecule has 4 aromatic heterocycles.